The predicted octanol–water partition coefficient (Wildman–Crippen LogP) is 4.57. The van der Waals surface area contributed by atoms with Gasteiger partial charge in [0.05, 0.1) is 12.7 Å². The molecule has 0 aliphatic carbocycles. The van der Waals surface area contributed by atoms with Crippen molar-refractivity contribution in [1.82, 2.24) is 0 Å². The molecule has 0 heterocycles. The fourth-order valence-electron chi connectivity index (χ4n) is 2.03. The molecule has 0 radical (unpaired) electrons. The Morgan fingerprint density at radius 2 is 1.45 bits per heavy atom. The number of carbonyl (C=O) groups is 2. The minimum absolute atomic E-state index is 0.115. The van der Waals surface area contributed by atoms with E-state index in [9.17, 15) is 9.59 Å². The second-order valence-corrected chi connectivity index (χ2v) is 5.66. The molecule has 0 N–H and O–H groups in total. The van der Waals surface area contributed by atoms with Gasteiger partial charge in [-0.25, -0.2) is 9.59 Å². The van der Waals surface area contributed by atoms with Gasteiger partial charge in [-0.05, 0) is 19.8 Å². The number of hydrogen-bond donors (Lipinski definition) is 0. The first kappa shape index (κ1) is 20.7. The fraction of sp³-hybridized carbons (Fsp3) is 0.778. The zero-order valence-electron chi connectivity index (χ0n) is 14.4. The molecule has 0 saturated carbocycles. The molecule has 0 aromatic carbocycles. The first-order valence-electron chi connectivity index (χ1n) is 8.65. The summed E-state index contributed by atoms with van der Waals surface area (Å²) < 4.78 is 10.2. The fourth-order valence-corrected chi connectivity index (χ4v) is 2.03. The van der Waals surface area contributed by atoms with Crippen molar-refractivity contribution < 1.29 is 19.1 Å². The maximum absolute atomic E-state index is 11.5. The highest BCUT2D eigenvalue weighted by Gasteiger charge is 2.06. The Kier molecular flexibility index (Phi) is 13.7. The SMILES string of the molecule is CCCCCCCCOC(=O)/C=C/C(=O)OC(C)CCCC. The lowest BCUT2D eigenvalue weighted by atomic mass is 10.1. The van der Waals surface area contributed by atoms with Crippen LogP contribution < -0.4 is 0 Å². The molecule has 128 valence electrons. The van der Waals surface area contributed by atoms with E-state index in [1.807, 2.05) is 6.92 Å². The predicted molar refractivity (Wildman–Crippen MR) is 88.6 cm³/mol. The van der Waals surface area contributed by atoms with Gasteiger partial charge in [0.1, 0.15) is 0 Å². The van der Waals surface area contributed by atoms with Gasteiger partial charge in [0.2, 0.25) is 0 Å². The molecule has 0 bridgehead atoms. The van der Waals surface area contributed by atoms with Gasteiger partial charge in [-0.1, -0.05) is 58.8 Å². The monoisotopic (exact) mass is 312 g/mol. The van der Waals surface area contributed by atoms with E-state index in [-0.39, 0.29) is 6.10 Å². The Bertz CT molecular complexity index is 323. The van der Waals surface area contributed by atoms with Crippen LogP contribution in [0.3, 0.4) is 0 Å². The van der Waals surface area contributed by atoms with E-state index in [1.165, 1.54) is 25.7 Å². The molecule has 0 aromatic rings. The molecule has 0 saturated heterocycles. The number of esters is 2. The molecule has 0 rings (SSSR count). The van der Waals surface area contributed by atoms with E-state index in [1.54, 1.807) is 0 Å². The van der Waals surface area contributed by atoms with E-state index in [4.69, 9.17) is 9.47 Å². The normalized spacial score (nSPS) is 12.3. The standard InChI is InChI=1S/C18H32O4/c1-4-6-8-9-10-11-15-21-17(19)13-14-18(20)22-16(3)12-7-5-2/h13-14,16H,4-12,15H2,1-3H3/b14-13+. The summed E-state index contributed by atoms with van der Waals surface area (Å²) in [7, 11) is 0. The molecule has 4 heteroatoms. The van der Waals surface area contributed by atoms with Crippen LogP contribution in [-0.4, -0.2) is 24.6 Å². The smallest absolute Gasteiger partial charge is 0.331 e. The average molecular weight is 312 g/mol. The molecule has 0 aromatic heterocycles. The van der Waals surface area contributed by atoms with Crippen LogP contribution in [0.25, 0.3) is 0 Å². The lowest BCUT2D eigenvalue weighted by Crippen LogP contribution is -2.13. The Hall–Kier alpha value is -1.32. The maximum atomic E-state index is 11.5. The van der Waals surface area contributed by atoms with Gasteiger partial charge in [-0.15, -0.1) is 0 Å². The highest BCUT2D eigenvalue weighted by molar-refractivity contribution is 5.91. The van der Waals surface area contributed by atoms with Crippen LogP contribution in [0.15, 0.2) is 12.2 Å². The Morgan fingerprint density at radius 1 is 0.864 bits per heavy atom. The highest BCUT2D eigenvalue weighted by atomic mass is 16.5. The molecule has 0 aliphatic rings. The van der Waals surface area contributed by atoms with E-state index in [0.29, 0.717) is 6.61 Å². The largest absolute Gasteiger partial charge is 0.463 e. The van der Waals surface area contributed by atoms with Crippen molar-refractivity contribution in [3.05, 3.63) is 12.2 Å². The number of rotatable bonds is 13. The van der Waals surface area contributed by atoms with Crippen molar-refractivity contribution in [3.8, 4) is 0 Å². The third-order valence-electron chi connectivity index (χ3n) is 3.38. The number of ether oxygens (including phenoxy) is 2. The van der Waals surface area contributed by atoms with Crippen molar-refractivity contribution >= 4 is 11.9 Å². The van der Waals surface area contributed by atoms with Crippen LogP contribution in [0.4, 0.5) is 0 Å². The van der Waals surface area contributed by atoms with Crippen LogP contribution in [0, 0.1) is 0 Å². The summed E-state index contributed by atoms with van der Waals surface area (Å²) in [4.78, 5) is 22.9. The second kappa shape index (κ2) is 14.6. The zero-order valence-corrected chi connectivity index (χ0v) is 14.4. The molecular weight excluding hydrogens is 280 g/mol. The van der Waals surface area contributed by atoms with Crippen LogP contribution >= 0.6 is 0 Å². The quantitative estimate of drug-likeness (QED) is 0.284. The molecule has 0 fully saturated rings. The van der Waals surface area contributed by atoms with E-state index in [0.717, 1.165) is 44.3 Å². The first-order chi connectivity index (χ1) is 10.6. The lowest BCUT2D eigenvalue weighted by molar-refractivity contribution is -0.143. The van der Waals surface area contributed by atoms with Gasteiger partial charge in [0.15, 0.2) is 0 Å². The van der Waals surface area contributed by atoms with Gasteiger partial charge >= 0.3 is 11.9 Å². The molecule has 0 spiro atoms. The summed E-state index contributed by atoms with van der Waals surface area (Å²) in [6, 6.07) is 0. The van der Waals surface area contributed by atoms with Crippen LogP contribution in [0.5, 0.6) is 0 Å². The highest BCUT2D eigenvalue weighted by Crippen LogP contribution is 2.06. The number of hydrogen-bond acceptors (Lipinski definition) is 4. The van der Waals surface area contributed by atoms with Crippen molar-refractivity contribution in [2.75, 3.05) is 6.61 Å². The van der Waals surface area contributed by atoms with Gasteiger partial charge < -0.3 is 9.47 Å². The van der Waals surface area contributed by atoms with Crippen molar-refractivity contribution in [1.29, 1.82) is 0 Å². The Morgan fingerprint density at radius 3 is 2.14 bits per heavy atom. The molecule has 0 aliphatic heterocycles. The molecule has 22 heavy (non-hydrogen) atoms. The first-order valence-corrected chi connectivity index (χ1v) is 8.65. The topological polar surface area (TPSA) is 52.6 Å². The van der Waals surface area contributed by atoms with Crippen LogP contribution in [-0.2, 0) is 19.1 Å². The van der Waals surface area contributed by atoms with Crippen LogP contribution in [0.1, 0.15) is 78.6 Å². The summed E-state index contributed by atoms with van der Waals surface area (Å²) in [5, 5.41) is 0. The summed E-state index contributed by atoms with van der Waals surface area (Å²) in [5.41, 5.74) is 0. The van der Waals surface area contributed by atoms with E-state index < -0.39 is 11.9 Å². The minimum Gasteiger partial charge on any atom is -0.463 e. The number of carbonyl (C=O) groups excluding carboxylic acids is 2. The Balaban J connectivity index is 3.66. The summed E-state index contributed by atoms with van der Waals surface area (Å²) in [6.07, 6.45) is 12.0. The van der Waals surface area contributed by atoms with Crippen molar-refractivity contribution in [2.24, 2.45) is 0 Å². The number of unbranched alkanes of at least 4 members (excludes halogenated alkanes) is 6. The molecule has 4 nitrogen and oxygen atoms in total. The molecule has 1 atom stereocenters. The molecular formula is C18H32O4. The lowest BCUT2D eigenvalue weighted by Gasteiger charge is -2.10. The summed E-state index contributed by atoms with van der Waals surface area (Å²) in [6.45, 7) is 6.55. The van der Waals surface area contributed by atoms with Crippen molar-refractivity contribution in [3.63, 3.8) is 0 Å². The van der Waals surface area contributed by atoms with Crippen molar-refractivity contribution in [2.45, 2.75) is 84.7 Å². The molecule has 0 amide bonds. The van der Waals surface area contributed by atoms with Crippen LogP contribution in [0.2, 0.25) is 0 Å². The summed E-state index contributed by atoms with van der Waals surface area (Å²) in [5.74, 6) is -0.966. The Labute approximate surface area is 135 Å². The minimum atomic E-state index is -0.486. The third-order valence-corrected chi connectivity index (χ3v) is 3.38. The summed E-state index contributed by atoms with van der Waals surface area (Å²) >= 11 is 0. The average Bonchev–Trinajstić information content (AvgIpc) is 2.50. The van der Waals surface area contributed by atoms with Gasteiger partial charge in [-0.2, -0.15) is 0 Å². The van der Waals surface area contributed by atoms with Gasteiger partial charge in [0, 0.05) is 12.2 Å². The zero-order chi connectivity index (χ0) is 16.6. The van der Waals surface area contributed by atoms with Gasteiger partial charge in [0.25, 0.3) is 0 Å². The van der Waals surface area contributed by atoms with E-state index in [2.05, 4.69) is 13.8 Å². The molecule has 1 unspecified atom stereocenters. The van der Waals surface area contributed by atoms with E-state index >= 15 is 0 Å². The third kappa shape index (κ3) is 13.7. The van der Waals surface area contributed by atoms with Gasteiger partial charge in [-0.3, -0.25) is 0 Å². The second-order valence-electron chi connectivity index (χ2n) is 5.66. The maximum Gasteiger partial charge on any atom is 0.331 e.